The average Bonchev–Trinajstić information content (AvgIpc) is 3.14. The van der Waals surface area contributed by atoms with Crippen molar-refractivity contribution in [3.63, 3.8) is 0 Å². The van der Waals surface area contributed by atoms with Gasteiger partial charge < -0.3 is 25.3 Å². The molecule has 1 saturated carbocycles. The van der Waals surface area contributed by atoms with E-state index in [9.17, 15) is 4.79 Å². The third kappa shape index (κ3) is 4.81. The number of carbonyl (C=O) groups is 1. The summed E-state index contributed by atoms with van der Waals surface area (Å²) in [6.07, 6.45) is 5.84. The maximum atomic E-state index is 12.5. The summed E-state index contributed by atoms with van der Waals surface area (Å²) < 4.78 is 17.0. The first-order valence-corrected chi connectivity index (χ1v) is 9.10. The number of nitrogens with one attached hydrogen (secondary N) is 1. The Morgan fingerprint density at radius 1 is 1.31 bits per heavy atom. The van der Waals surface area contributed by atoms with Crippen LogP contribution in [-0.2, 0) is 16.1 Å². The smallest absolute Gasteiger partial charge is 0.240 e. The van der Waals surface area contributed by atoms with Crippen molar-refractivity contribution < 1.29 is 19.0 Å². The van der Waals surface area contributed by atoms with E-state index in [0.29, 0.717) is 38.3 Å². The van der Waals surface area contributed by atoms with Gasteiger partial charge in [0.2, 0.25) is 5.91 Å². The van der Waals surface area contributed by atoms with Crippen molar-refractivity contribution in [3.05, 3.63) is 23.8 Å². The van der Waals surface area contributed by atoms with E-state index in [1.54, 1.807) is 7.11 Å². The average molecular weight is 385 g/mol. The first kappa shape index (κ1) is 20.8. The third-order valence-electron chi connectivity index (χ3n) is 5.14. The van der Waals surface area contributed by atoms with Crippen LogP contribution in [0.25, 0.3) is 0 Å². The van der Waals surface area contributed by atoms with Crippen LogP contribution >= 0.6 is 12.4 Å². The van der Waals surface area contributed by atoms with Crippen LogP contribution in [0.5, 0.6) is 11.5 Å². The molecule has 0 unspecified atom stereocenters. The van der Waals surface area contributed by atoms with Crippen molar-refractivity contribution in [3.8, 4) is 11.5 Å². The van der Waals surface area contributed by atoms with Gasteiger partial charge in [0.25, 0.3) is 0 Å². The van der Waals surface area contributed by atoms with Crippen molar-refractivity contribution in [2.45, 2.75) is 56.7 Å². The highest BCUT2D eigenvalue weighted by molar-refractivity contribution is 5.86. The van der Waals surface area contributed by atoms with Gasteiger partial charge in [-0.2, -0.15) is 0 Å². The molecule has 0 spiro atoms. The van der Waals surface area contributed by atoms with Crippen molar-refractivity contribution >= 4 is 18.3 Å². The van der Waals surface area contributed by atoms with E-state index in [0.717, 1.165) is 24.2 Å². The summed E-state index contributed by atoms with van der Waals surface area (Å²) in [6, 6.07) is 5.76. The van der Waals surface area contributed by atoms with Gasteiger partial charge in [0.05, 0.1) is 18.8 Å². The van der Waals surface area contributed by atoms with Gasteiger partial charge in [-0.1, -0.05) is 12.1 Å². The van der Waals surface area contributed by atoms with Gasteiger partial charge in [0.15, 0.2) is 11.5 Å². The highest BCUT2D eigenvalue weighted by Crippen LogP contribution is 2.35. The predicted molar refractivity (Wildman–Crippen MR) is 102 cm³/mol. The molecule has 7 heteroatoms. The molecule has 0 bridgehead atoms. The highest BCUT2D eigenvalue weighted by atomic mass is 35.5. The molecule has 2 aliphatic rings. The molecular weight excluding hydrogens is 356 g/mol. The number of rotatable bonds is 6. The lowest BCUT2D eigenvalue weighted by molar-refractivity contribution is -0.129. The second-order valence-corrected chi connectivity index (χ2v) is 6.92. The first-order chi connectivity index (χ1) is 12.1. The molecule has 146 valence electrons. The quantitative estimate of drug-likeness (QED) is 0.787. The van der Waals surface area contributed by atoms with Crippen LogP contribution in [0.1, 0.15) is 44.1 Å². The minimum absolute atomic E-state index is 0. The number of hydrogen-bond donors (Lipinski definition) is 2. The minimum atomic E-state index is -0.844. The zero-order valence-electron chi connectivity index (χ0n) is 15.3. The van der Waals surface area contributed by atoms with Crippen LogP contribution in [0.4, 0.5) is 0 Å². The fraction of sp³-hybridized carbons (Fsp3) is 0.632. The fourth-order valence-electron chi connectivity index (χ4n) is 3.48. The Morgan fingerprint density at radius 2 is 2.00 bits per heavy atom. The molecule has 0 aromatic heterocycles. The van der Waals surface area contributed by atoms with Crippen LogP contribution in [0.2, 0.25) is 0 Å². The predicted octanol–water partition coefficient (Wildman–Crippen LogP) is 2.56. The number of amides is 1. The maximum absolute atomic E-state index is 12.5. The van der Waals surface area contributed by atoms with Crippen LogP contribution in [0.15, 0.2) is 18.2 Å². The monoisotopic (exact) mass is 384 g/mol. The number of para-hydroxylation sites is 1. The van der Waals surface area contributed by atoms with Crippen LogP contribution in [0.3, 0.4) is 0 Å². The molecule has 1 amide bonds. The molecule has 0 radical (unpaired) electrons. The fourth-order valence-corrected chi connectivity index (χ4v) is 3.48. The molecule has 0 atom stereocenters. The number of nitrogens with two attached hydrogens (primary N) is 1. The Kier molecular flexibility index (Phi) is 7.55. The lowest BCUT2D eigenvalue weighted by Gasteiger charge is -2.32. The summed E-state index contributed by atoms with van der Waals surface area (Å²) in [7, 11) is 1.64. The normalized spacial score (nSPS) is 19.5. The van der Waals surface area contributed by atoms with Crippen LogP contribution in [0, 0.1) is 0 Å². The summed E-state index contributed by atoms with van der Waals surface area (Å²) in [4.78, 5) is 12.5. The molecule has 1 aliphatic heterocycles. The SMILES string of the molecule is COc1cccc(CNC(=O)C2(N)CCOCC2)c1OC1CCCC1.Cl. The second kappa shape index (κ2) is 9.44. The Balaban J connectivity index is 0.00000243. The molecule has 1 heterocycles. The van der Waals surface area contributed by atoms with Crippen molar-refractivity contribution in [1.82, 2.24) is 5.32 Å². The molecule has 3 N–H and O–H groups in total. The number of halogens is 1. The molecule has 2 fully saturated rings. The number of methoxy groups -OCH3 is 1. The van der Waals surface area contributed by atoms with Gasteiger partial charge in [-0.25, -0.2) is 0 Å². The van der Waals surface area contributed by atoms with Gasteiger partial charge in [-0.3, -0.25) is 4.79 Å². The highest BCUT2D eigenvalue weighted by Gasteiger charge is 2.35. The Hall–Kier alpha value is -1.50. The van der Waals surface area contributed by atoms with Gasteiger partial charge in [-0.05, 0) is 44.6 Å². The van der Waals surface area contributed by atoms with E-state index >= 15 is 0 Å². The lowest BCUT2D eigenvalue weighted by atomic mass is 9.90. The Labute approximate surface area is 161 Å². The standard InChI is InChI=1S/C19H28N2O4.ClH/c1-23-16-8-4-5-14(17(16)25-15-6-2-3-7-15)13-21-18(22)19(20)9-11-24-12-10-19;/h4-5,8,15H,2-3,6-7,9-13,20H2,1H3,(H,21,22);1H. The number of hydrogen-bond acceptors (Lipinski definition) is 5. The maximum Gasteiger partial charge on any atom is 0.240 e. The van der Waals surface area contributed by atoms with Crippen molar-refractivity contribution in [1.29, 1.82) is 0 Å². The molecule has 3 rings (SSSR count). The van der Waals surface area contributed by atoms with E-state index in [2.05, 4.69) is 5.32 Å². The van der Waals surface area contributed by atoms with Gasteiger partial charge in [0.1, 0.15) is 0 Å². The van der Waals surface area contributed by atoms with Crippen LogP contribution < -0.4 is 20.5 Å². The molecule has 1 aromatic carbocycles. The van der Waals surface area contributed by atoms with E-state index in [4.69, 9.17) is 19.9 Å². The van der Waals surface area contributed by atoms with Gasteiger partial charge in [-0.15, -0.1) is 12.4 Å². The summed E-state index contributed by atoms with van der Waals surface area (Å²) in [6.45, 7) is 1.43. The largest absolute Gasteiger partial charge is 0.493 e. The Morgan fingerprint density at radius 3 is 2.65 bits per heavy atom. The van der Waals surface area contributed by atoms with Gasteiger partial charge in [0, 0.05) is 25.3 Å². The summed E-state index contributed by atoms with van der Waals surface area (Å²) in [5.41, 5.74) is 6.31. The summed E-state index contributed by atoms with van der Waals surface area (Å²) in [5.74, 6) is 1.30. The first-order valence-electron chi connectivity index (χ1n) is 9.10. The van der Waals surface area contributed by atoms with Crippen molar-refractivity contribution in [2.24, 2.45) is 5.73 Å². The molecule has 1 aliphatic carbocycles. The number of ether oxygens (including phenoxy) is 3. The lowest BCUT2D eigenvalue weighted by Crippen LogP contribution is -2.56. The van der Waals surface area contributed by atoms with Gasteiger partial charge >= 0.3 is 0 Å². The topological polar surface area (TPSA) is 82.8 Å². The van der Waals surface area contributed by atoms with Crippen LogP contribution in [-0.4, -0.2) is 37.9 Å². The zero-order chi connectivity index (χ0) is 17.7. The Bertz CT molecular complexity index is 599. The minimum Gasteiger partial charge on any atom is -0.493 e. The summed E-state index contributed by atoms with van der Waals surface area (Å²) in [5, 5.41) is 2.97. The third-order valence-corrected chi connectivity index (χ3v) is 5.14. The summed E-state index contributed by atoms with van der Waals surface area (Å²) >= 11 is 0. The second-order valence-electron chi connectivity index (χ2n) is 6.92. The molecule has 6 nitrogen and oxygen atoms in total. The van der Waals surface area contributed by atoms with E-state index < -0.39 is 5.54 Å². The van der Waals surface area contributed by atoms with E-state index in [1.807, 2.05) is 18.2 Å². The van der Waals surface area contributed by atoms with Crippen molar-refractivity contribution in [2.75, 3.05) is 20.3 Å². The molecule has 1 saturated heterocycles. The molecular formula is C19H29ClN2O4. The van der Waals surface area contributed by atoms with E-state index in [1.165, 1.54) is 12.8 Å². The zero-order valence-corrected chi connectivity index (χ0v) is 16.1. The molecule has 1 aromatic rings. The number of carbonyl (C=O) groups excluding carboxylic acids is 1. The van der Waals surface area contributed by atoms with E-state index in [-0.39, 0.29) is 24.4 Å². The molecule has 26 heavy (non-hydrogen) atoms. The number of benzene rings is 1.